The van der Waals surface area contributed by atoms with E-state index in [-0.39, 0.29) is 11.9 Å². The molecule has 1 unspecified atom stereocenters. The Hall–Kier alpha value is -0.380. The van der Waals surface area contributed by atoms with Crippen LogP contribution in [0.25, 0.3) is 0 Å². The summed E-state index contributed by atoms with van der Waals surface area (Å²) in [4.78, 5) is 10.9. The van der Waals surface area contributed by atoms with Crippen molar-refractivity contribution in [3.05, 3.63) is 0 Å². The third kappa shape index (κ3) is 3.08. The van der Waals surface area contributed by atoms with Crippen LogP contribution in [-0.4, -0.2) is 32.3 Å². The van der Waals surface area contributed by atoms with Gasteiger partial charge in [-0.3, -0.25) is 9.36 Å². The standard InChI is InChI=1S/C8H16NO4P/c1-12-14(11,13-2)6-5-7-3-4-8(10)9-7/h7H,3-6H2,1-2H3,(H,9,10). The fraction of sp³-hybridized carbons (Fsp3) is 0.875. The minimum atomic E-state index is -2.90. The largest absolute Gasteiger partial charge is 0.353 e. The molecule has 0 bridgehead atoms. The Morgan fingerprint density at radius 1 is 1.50 bits per heavy atom. The second-order valence-electron chi connectivity index (χ2n) is 3.29. The van der Waals surface area contributed by atoms with Crippen molar-refractivity contribution in [2.45, 2.75) is 25.3 Å². The van der Waals surface area contributed by atoms with E-state index in [9.17, 15) is 9.36 Å². The van der Waals surface area contributed by atoms with Crippen molar-refractivity contribution < 1.29 is 18.4 Å². The Kier molecular flexibility index (Phi) is 4.11. The third-order valence-electron chi connectivity index (χ3n) is 2.39. The fourth-order valence-corrected chi connectivity index (χ4v) is 2.61. The molecular weight excluding hydrogens is 205 g/mol. The summed E-state index contributed by atoms with van der Waals surface area (Å²) in [5, 5.41) is 2.80. The number of amides is 1. The molecule has 1 aliphatic heterocycles. The lowest BCUT2D eigenvalue weighted by Crippen LogP contribution is -2.26. The summed E-state index contributed by atoms with van der Waals surface area (Å²) in [7, 11) is -0.160. The number of hydrogen-bond acceptors (Lipinski definition) is 4. The van der Waals surface area contributed by atoms with Crippen LogP contribution in [0.2, 0.25) is 0 Å². The smallest absolute Gasteiger partial charge is 0.330 e. The van der Waals surface area contributed by atoms with Gasteiger partial charge in [-0.2, -0.15) is 0 Å². The van der Waals surface area contributed by atoms with Gasteiger partial charge >= 0.3 is 7.60 Å². The highest BCUT2D eigenvalue weighted by Gasteiger charge is 2.26. The van der Waals surface area contributed by atoms with Crippen molar-refractivity contribution in [2.75, 3.05) is 20.4 Å². The van der Waals surface area contributed by atoms with E-state index >= 15 is 0 Å². The molecule has 82 valence electrons. The SMILES string of the molecule is COP(=O)(CCC1CCC(=O)N1)OC. The fourth-order valence-electron chi connectivity index (χ4n) is 1.46. The molecule has 1 atom stereocenters. The molecule has 1 fully saturated rings. The van der Waals surface area contributed by atoms with Crippen LogP contribution < -0.4 is 5.32 Å². The van der Waals surface area contributed by atoms with Gasteiger partial charge in [0.2, 0.25) is 5.91 Å². The number of nitrogens with one attached hydrogen (secondary N) is 1. The third-order valence-corrected chi connectivity index (χ3v) is 4.31. The van der Waals surface area contributed by atoms with Crippen molar-refractivity contribution in [1.82, 2.24) is 5.32 Å². The van der Waals surface area contributed by atoms with Crippen LogP contribution in [0.1, 0.15) is 19.3 Å². The minimum absolute atomic E-state index is 0.0691. The summed E-state index contributed by atoms with van der Waals surface area (Å²) in [6, 6.07) is 0.126. The van der Waals surface area contributed by atoms with Gasteiger partial charge < -0.3 is 14.4 Å². The number of hydrogen-bond donors (Lipinski definition) is 1. The lowest BCUT2D eigenvalue weighted by molar-refractivity contribution is -0.119. The van der Waals surface area contributed by atoms with Gasteiger partial charge in [-0.1, -0.05) is 0 Å². The molecule has 5 nitrogen and oxygen atoms in total. The van der Waals surface area contributed by atoms with Gasteiger partial charge in [-0.05, 0) is 12.8 Å². The lowest BCUT2D eigenvalue weighted by Gasteiger charge is -2.15. The molecule has 1 rings (SSSR count). The average molecular weight is 221 g/mol. The summed E-state index contributed by atoms with van der Waals surface area (Å²) in [6.45, 7) is 0. The first-order valence-electron chi connectivity index (χ1n) is 4.59. The van der Waals surface area contributed by atoms with Gasteiger partial charge in [0.1, 0.15) is 0 Å². The van der Waals surface area contributed by atoms with E-state index < -0.39 is 7.60 Å². The van der Waals surface area contributed by atoms with E-state index in [1.54, 1.807) is 0 Å². The molecule has 0 saturated carbocycles. The predicted molar refractivity (Wildman–Crippen MR) is 52.3 cm³/mol. The molecule has 1 aliphatic rings. The van der Waals surface area contributed by atoms with Gasteiger partial charge in [0.05, 0.1) is 6.16 Å². The van der Waals surface area contributed by atoms with Crippen LogP contribution in [0.5, 0.6) is 0 Å². The molecule has 0 aromatic carbocycles. The first-order valence-corrected chi connectivity index (χ1v) is 6.32. The molecule has 0 aromatic heterocycles. The van der Waals surface area contributed by atoms with Crippen molar-refractivity contribution in [3.8, 4) is 0 Å². The van der Waals surface area contributed by atoms with Crippen molar-refractivity contribution in [2.24, 2.45) is 0 Å². The molecule has 0 aliphatic carbocycles. The lowest BCUT2D eigenvalue weighted by atomic mass is 10.2. The molecular formula is C8H16NO4P. The molecule has 1 heterocycles. The van der Waals surface area contributed by atoms with E-state index in [2.05, 4.69) is 5.32 Å². The summed E-state index contributed by atoms with van der Waals surface area (Å²) in [5.41, 5.74) is 0. The topological polar surface area (TPSA) is 64.6 Å². The van der Waals surface area contributed by atoms with Crippen LogP contribution in [0.4, 0.5) is 0 Å². The molecule has 1 saturated heterocycles. The van der Waals surface area contributed by atoms with Crippen molar-refractivity contribution in [3.63, 3.8) is 0 Å². The second kappa shape index (κ2) is 4.91. The molecule has 14 heavy (non-hydrogen) atoms. The summed E-state index contributed by atoms with van der Waals surface area (Å²) < 4.78 is 21.2. The molecule has 6 heteroatoms. The highest BCUT2D eigenvalue weighted by Crippen LogP contribution is 2.47. The van der Waals surface area contributed by atoms with E-state index in [4.69, 9.17) is 9.05 Å². The Balaban J connectivity index is 2.32. The Morgan fingerprint density at radius 3 is 2.57 bits per heavy atom. The molecule has 1 N–H and O–H groups in total. The van der Waals surface area contributed by atoms with Gasteiger partial charge in [-0.15, -0.1) is 0 Å². The quantitative estimate of drug-likeness (QED) is 0.707. The van der Waals surface area contributed by atoms with Gasteiger partial charge in [0.15, 0.2) is 0 Å². The monoisotopic (exact) mass is 221 g/mol. The minimum Gasteiger partial charge on any atom is -0.353 e. The van der Waals surface area contributed by atoms with Gasteiger partial charge in [-0.25, -0.2) is 0 Å². The molecule has 0 spiro atoms. The number of carbonyl (C=O) groups excluding carboxylic acids is 1. The van der Waals surface area contributed by atoms with Crippen LogP contribution in [0.3, 0.4) is 0 Å². The summed E-state index contributed by atoms with van der Waals surface area (Å²) in [6.07, 6.45) is 2.37. The van der Waals surface area contributed by atoms with Crippen LogP contribution >= 0.6 is 7.60 Å². The summed E-state index contributed by atoms with van der Waals surface area (Å²) in [5.74, 6) is 0.0691. The van der Waals surface area contributed by atoms with Crippen LogP contribution in [0, 0.1) is 0 Å². The first kappa shape index (κ1) is 11.7. The first-order chi connectivity index (χ1) is 6.59. The highest BCUT2D eigenvalue weighted by molar-refractivity contribution is 7.53. The maximum atomic E-state index is 11.6. The zero-order chi connectivity index (χ0) is 10.6. The average Bonchev–Trinajstić information content (AvgIpc) is 2.61. The second-order valence-corrected chi connectivity index (χ2v) is 5.69. The normalized spacial score (nSPS) is 22.4. The van der Waals surface area contributed by atoms with E-state index in [1.807, 2.05) is 0 Å². The maximum absolute atomic E-state index is 11.6. The molecule has 0 radical (unpaired) electrons. The summed E-state index contributed by atoms with van der Waals surface area (Å²) >= 11 is 0. The zero-order valence-corrected chi connectivity index (χ0v) is 9.38. The molecule has 0 aromatic rings. The van der Waals surface area contributed by atoms with Gasteiger partial charge in [0, 0.05) is 26.7 Å². The van der Waals surface area contributed by atoms with Crippen molar-refractivity contribution in [1.29, 1.82) is 0 Å². The molecule has 1 amide bonds. The Labute approximate surface area is 83.7 Å². The van der Waals surface area contributed by atoms with E-state index in [0.29, 0.717) is 19.0 Å². The van der Waals surface area contributed by atoms with Crippen LogP contribution in [-0.2, 0) is 18.4 Å². The van der Waals surface area contributed by atoms with E-state index in [1.165, 1.54) is 14.2 Å². The van der Waals surface area contributed by atoms with Crippen molar-refractivity contribution >= 4 is 13.5 Å². The van der Waals surface area contributed by atoms with E-state index in [0.717, 1.165) is 6.42 Å². The number of rotatable bonds is 5. The van der Waals surface area contributed by atoms with Crippen LogP contribution in [0.15, 0.2) is 0 Å². The maximum Gasteiger partial charge on any atom is 0.330 e. The Bertz CT molecular complexity index is 248. The predicted octanol–water partition coefficient (Wildman–Crippen LogP) is 1.14. The Morgan fingerprint density at radius 2 is 2.14 bits per heavy atom. The highest BCUT2D eigenvalue weighted by atomic mass is 31.2. The zero-order valence-electron chi connectivity index (χ0n) is 8.49. The number of carbonyl (C=O) groups is 1. The van der Waals surface area contributed by atoms with Gasteiger partial charge in [0.25, 0.3) is 0 Å².